The van der Waals surface area contributed by atoms with E-state index in [0.29, 0.717) is 6.42 Å². The average Bonchev–Trinajstić information content (AvgIpc) is 2.03. The van der Waals surface area contributed by atoms with Crippen LogP contribution in [0.15, 0.2) is 24.3 Å². The molecule has 5 heteroatoms. The summed E-state index contributed by atoms with van der Waals surface area (Å²) >= 11 is 0. The van der Waals surface area contributed by atoms with Crippen molar-refractivity contribution in [3.05, 3.63) is 29.8 Å². The van der Waals surface area contributed by atoms with E-state index in [1.807, 2.05) is 6.92 Å². The molecule has 0 atom stereocenters. The molecule has 1 aromatic carbocycles. The van der Waals surface area contributed by atoms with Gasteiger partial charge in [0.2, 0.25) is 0 Å². The first-order valence-electron chi connectivity index (χ1n) is 4.28. The van der Waals surface area contributed by atoms with E-state index in [9.17, 15) is 16.8 Å². The maximum atomic E-state index is 12.3. The molecule has 0 nitrogen and oxygen atoms in total. The minimum atomic E-state index is -7.54. The van der Waals surface area contributed by atoms with Crippen LogP contribution in [0.1, 0.15) is 18.9 Å². The van der Waals surface area contributed by atoms with Crippen molar-refractivity contribution in [1.82, 2.24) is 0 Å². The summed E-state index contributed by atoms with van der Waals surface area (Å²) in [6.45, 7) is 1.93. The fraction of sp³-hybridized carbons (Fsp3) is 0.333. The summed E-state index contributed by atoms with van der Waals surface area (Å²) < 4.78 is 49.0. The molecule has 14 heavy (non-hydrogen) atoms. The Balaban J connectivity index is 2.95. The van der Waals surface area contributed by atoms with Gasteiger partial charge >= 0.3 is 79.5 Å². The van der Waals surface area contributed by atoms with Gasteiger partial charge in [-0.05, 0) is 0 Å². The average molecular weight is 226 g/mol. The van der Waals surface area contributed by atoms with Crippen molar-refractivity contribution in [2.75, 3.05) is 0 Å². The zero-order valence-corrected chi connectivity index (χ0v) is 8.58. The molecule has 1 rings (SSSR count). The molecular formula is C9H11F4P. The second kappa shape index (κ2) is 3.50. The molecule has 0 aliphatic rings. The van der Waals surface area contributed by atoms with Crippen LogP contribution >= 0.6 is 7.85 Å². The van der Waals surface area contributed by atoms with E-state index in [4.69, 9.17) is 0 Å². The third-order valence-corrected chi connectivity index (χ3v) is 2.94. The maximum absolute atomic E-state index is 12.3. The van der Waals surface area contributed by atoms with Gasteiger partial charge in [0.25, 0.3) is 0 Å². The Morgan fingerprint density at radius 3 is 1.86 bits per heavy atom. The van der Waals surface area contributed by atoms with Gasteiger partial charge in [-0.3, -0.25) is 0 Å². The minimum absolute atomic E-state index is 0.716. The molecule has 0 aliphatic carbocycles. The number of halogens is 4. The number of hydrogen-bond acceptors (Lipinski definition) is 0. The van der Waals surface area contributed by atoms with Crippen molar-refractivity contribution in [2.24, 2.45) is 0 Å². The van der Waals surface area contributed by atoms with Gasteiger partial charge in [-0.1, -0.05) is 0 Å². The topological polar surface area (TPSA) is 0 Å². The molecule has 0 aliphatic heterocycles. The Labute approximate surface area is 80.3 Å². The Morgan fingerprint density at radius 2 is 1.50 bits per heavy atom. The summed E-state index contributed by atoms with van der Waals surface area (Å²) in [7, 11) is -7.54. The number of rotatable bonds is 3. The molecule has 0 fully saturated rings. The standard InChI is InChI=1S/C9H11F4P/c1-2-3-8-4-6-9(7-5-8)14(10,11,12)13/h4-7H,2-3H2,1H3. The molecule has 0 saturated heterocycles. The Kier molecular flexibility index (Phi) is 2.86. The monoisotopic (exact) mass is 226 g/mol. The Hall–Kier alpha value is -0.630. The molecule has 0 amide bonds. The van der Waals surface area contributed by atoms with E-state index in [1.165, 1.54) is 12.1 Å². The normalized spacial score (nSPS) is 14.8. The number of benzene rings is 1. The molecule has 0 saturated carbocycles. The molecule has 0 bridgehead atoms. The van der Waals surface area contributed by atoms with Crippen molar-refractivity contribution in [1.29, 1.82) is 0 Å². The third kappa shape index (κ3) is 2.95. The van der Waals surface area contributed by atoms with E-state index in [1.54, 1.807) is 0 Å². The van der Waals surface area contributed by atoms with Crippen LogP contribution in [-0.2, 0) is 6.42 Å². The first kappa shape index (κ1) is 11.4. The molecule has 0 radical (unpaired) electrons. The molecule has 0 N–H and O–H groups in total. The molecule has 1 aromatic rings. The first-order valence-corrected chi connectivity index (χ1v) is 6.08. The van der Waals surface area contributed by atoms with Gasteiger partial charge in [-0.2, -0.15) is 0 Å². The van der Waals surface area contributed by atoms with Crippen LogP contribution in [0.5, 0.6) is 0 Å². The molecule has 0 unspecified atom stereocenters. The van der Waals surface area contributed by atoms with Crippen LogP contribution in [0.4, 0.5) is 16.8 Å². The van der Waals surface area contributed by atoms with Gasteiger partial charge in [0.1, 0.15) is 0 Å². The van der Waals surface area contributed by atoms with Crippen LogP contribution in [0, 0.1) is 0 Å². The summed E-state index contributed by atoms with van der Waals surface area (Å²) in [5.41, 5.74) is 0.802. The quantitative estimate of drug-likeness (QED) is 0.530. The Morgan fingerprint density at radius 1 is 1.00 bits per heavy atom. The van der Waals surface area contributed by atoms with E-state index in [2.05, 4.69) is 0 Å². The summed E-state index contributed by atoms with van der Waals surface area (Å²) in [5, 5.41) is -1.13. The summed E-state index contributed by atoms with van der Waals surface area (Å²) in [6.07, 6.45) is 1.58. The predicted octanol–water partition coefficient (Wildman–Crippen LogP) is 4.36. The van der Waals surface area contributed by atoms with Crippen LogP contribution in [-0.4, -0.2) is 0 Å². The Bertz CT molecular complexity index is 303. The van der Waals surface area contributed by atoms with Gasteiger partial charge in [-0.15, -0.1) is 0 Å². The van der Waals surface area contributed by atoms with E-state index in [-0.39, 0.29) is 0 Å². The zero-order chi connectivity index (χ0) is 10.8. The van der Waals surface area contributed by atoms with Crippen molar-refractivity contribution in [2.45, 2.75) is 19.8 Å². The molecule has 80 valence electrons. The van der Waals surface area contributed by atoms with E-state index >= 15 is 0 Å². The van der Waals surface area contributed by atoms with Gasteiger partial charge < -0.3 is 0 Å². The first-order chi connectivity index (χ1) is 6.30. The van der Waals surface area contributed by atoms with E-state index < -0.39 is 13.2 Å². The van der Waals surface area contributed by atoms with Crippen LogP contribution in [0.25, 0.3) is 0 Å². The summed E-state index contributed by atoms with van der Waals surface area (Å²) in [5.74, 6) is 0. The predicted molar refractivity (Wildman–Crippen MR) is 51.4 cm³/mol. The van der Waals surface area contributed by atoms with Gasteiger partial charge in [0.15, 0.2) is 0 Å². The number of hydrogen-bond donors (Lipinski definition) is 0. The van der Waals surface area contributed by atoms with Gasteiger partial charge in [0.05, 0.1) is 0 Å². The fourth-order valence-corrected chi connectivity index (χ4v) is 1.78. The summed E-state index contributed by atoms with van der Waals surface area (Å²) in [6, 6.07) is 4.31. The van der Waals surface area contributed by atoms with Crippen LogP contribution in [0.2, 0.25) is 0 Å². The summed E-state index contributed by atoms with van der Waals surface area (Å²) in [4.78, 5) is 0. The van der Waals surface area contributed by atoms with Crippen molar-refractivity contribution in [3.63, 3.8) is 0 Å². The van der Waals surface area contributed by atoms with Crippen molar-refractivity contribution >= 4 is 13.2 Å². The van der Waals surface area contributed by atoms with Gasteiger partial charge in [-0.25, -0.2) is 0 Å². The van der Waals surface area contributed by atoms with Crippen molar-refractivity contribution < 1.29 is 16.8 Å². The number of aryl methyl sites for hydroxylation is 1. The molecule has 0 spiro atoms. The van der Waals surface area contributed by atoms with Gasteiger partial charge in [0, 0.05) is 0 Å². The second-order valence-electron chi connectivity index (χ2n) is 3.14. The van der Waals surface area contributed by atoms with Crippen LogP contribution < -0.4 is 5.30 Å². The molecule has 0 aromatic heterocycles. The molecular weight excluding hydrogens is 215 g/mol. The zero-order valence-electron chi connectivity index (χ0n) is 7.68. The fourth-order valence-electron chi connectivity index (χ4n) is 1.18. The van der Waals surface area contributed by atoms with E-state index in [0.717, 1.165) is 24.1 Å². The third-order valence-electron chi connectivity index (χ3n) is 1.87. The van der Waals surface area contributed by atoms with Crippen molar-refractivity contribution in [3.8, 4) is 0 Å². The molecule has 0 heterocycles. The second-order valence-corrected chi connectivity index (χ2v) is 5.10. The van der Waals surface area contributed by atoms with Crippen LogP contribution in [0.3, 0.4) is 0 Å². The SMILES string of the molecule is CCCc1ccc(P(F)(F)(F)F)cc1.